The maximum Gasteiger partial charge on any atom is 0.158 e. The summed E-state index contributed by atoms with van der Waals surface area (Å²) in [6, 6.07) is 10.5. The Morgan fingerprint density at radius 1 is 1.00 bits per heavy atom. The number of rotatable bonds is 4. The van der Waals surface area contributed by atoms with Crippen molar-refractivity contribution in [2.75, 3.05) is 14.2 Å². The third kappa shape index (κ3) is 3.80. The molecule has 144 valence electrons. The van der Waals surface area contributed by atoms with Crippen LogP contribution in [0, 0.1) is 13.8 Å². The Bertz CT molecular complexity index is 878. The Hall–Kier alpha value is -2.49. The van der Waals surface area contributed by atoms with Crippen LogP contribution in [0.25, 0.3) is 0 Å². The first-order valence-corrected chi connectivity index (χ1v) is 9.31. The summed E-state index contributed by atoms with van der Waals surface area (Å²) in [6.07, 6.45) is 0.654. The van der Waals surface area contributed by atoms with Crippen molar-refractivity contribution in [3.63, 3.8) is 0 Å². The second kappa shape index (κ2) is 7.26. The van der Waals surface area contributed by atoms with Crippen molar-refractivity contribution in [1.82, 2.24) is 0 Å². The minimum absolute atomic E-state index is 0.00885. The van der Waals surface area contributed by atoms with Crippen LogP contribution < -0.4 is 9.47 Å². The first-order chi connectivity index (χ1) is 12.7. The van der Waals surface area contributed by atoms with Crippen LogP contribution in [0.15, 0.2) is 35.5 Å². The van der Waals surface area contributed by atoms with Crippen molar-refractivity contribution in [3.05, 3.63) is 58.1 Å². The van der Waals surface area contributed by atoms with Gasteiger partial charge in [0, 0.05) is 12.0 Å². The lowest BCUT2D eigenvalue weighted by atomic mass is 9.84. The fraction of sp³-hybridized carbons (Fsp3) is 0.435. The van der Waals surface area contributed by atoms with Crippen molar-refractivity contribution in [1.29, 1.82) is 0 Å². The van der Waals surface area contributed by atoms with Gasteiger partial charge < -0.3 is 14.3 Å². The SMILES string of the molecule is COc1ccc(C2CC(c3cc(C)c(C)c(OC)c3)=NO2)cc1C(C)(C)C. The molecule has 0 aliphatic carbocycles. The molecule has 3 rings (SSSR count). The summed E-state index contributed by atoms with van der Waals surface area (Å²) in [5.74, 6) is 1.79. The van der Waals surface area contributed by atoms with E-state index in [1.165, 1.54) is 11.1 Å². The molecular formula is C23H29NO3. The van der Waals surface area contributed by atoms with E-state index in [0.717, 1.165) is 40.3 Å². The third-order valence-electron chi connectivity index (χ3n) is 5.25. The van der Waals surface area contributed by atoms with E-state index in [9.17, 15) is 0 Å². The zero-order valence-corrected chi connectivity index (χ0v) is 17.3. The van der Waals surface area contributed by atoms with Crippen LogP contribution >= 0.6 is 0 Å². The molecule has 4 heteroatoms. The second-order valence-electron chi connectivity index (χ2n) is 8.17. The van der Waals surface area contributed by atoms with Crippen LogP contribution in [0.3, 0.4) is 0 Å². The predicted octanol–water partition coefficient (Wildman–Crippen LogP) is 5.48. The number of methoxy groups -OCH3 is 2. The number of aryl methyl sites for hydroxylation is 1. The highest BCUT2D eigenvalue weighted by Crippen LogP contribution is 2.37. The van der Waals surface area contributed by atoms with Gasteiger partial charge in [0.15, 0.2) is 6.10 Å². The summed E-state index contributed by atoms with van der Waals surface area (Å²) >= 11 is 0. The van der Waals surface area contributed by atoms with Crippen molar-refractivity contribution >= 4 is 5.71 Å². The Balaban J connectivity index is 1.87. The van der Waals surface area contributed by atoms with Gasteiger partial charge >= 0.3 is 0 Å². The first-order valence-electron chi connectivity index (χ1n) is 9.31. The fourth-order valence-corrected chi connectivity index (χ4v) is 3.44. The standard InChI is InChI=1S/C23H29NO3/c1-14-10-17(12-21(26-7)15(14)2)19-13-22(27-24-19)16-8-9-20(25-6)18(11-16)23(3,4)5/h8-12,22H,13H2,1-7H3. The molecule has 1 atom stereocenters. The summed E-state index contributed by atoms with van der Waals surface area (Å²) in [6.45, 7) is 10.7. The van der Waals surface area contributed by atoms with Crippen molar-refractivity contribution in [2.45, 2.75) is 52.6 Å². The molecule has 1 aliphatic heterocycles. The first kappa shape index (κ1) is 19.3. The van der Waals surface area contributed by atoms with Gasteiger partial charge in [0.25, 0.3) is 0 Å². The van der Waals surface area contributed by atoms with Crippen molar-refractivity contribution in [3.8, 4) is 11.5 Å². The van der Waals surface area contributed by atoms with Gasteiger partial charge in [-0.1, -0.05) is 32.0 Å². The third-order valence-corrected chi connectivity index (χ3v) is 5.25. The van der Waals surface area contributed by atoms with Crippen molar-refractivity contribution < 1.29 is 14.3 Å². The molecule has 2 aromatic carbocycles. The number of ether oxygens (including phenoxy) is 2. The molecule has 0 aromatic heterocycles. The molecule has 2 aromatic rings. The summed E-state index contributed by atoms with van der Waals surface area (Å²) < 4.78 is 11.1. The molecule has 0 saturated carbocycles. The zero-order valence-electron chi connectivity index (χ0n) is 17.3. The van der Waals surface area contributed by atoms with Crippen LogP contribution in [0.4, 0.5) is 0 Å². The molecule has 0 radical (unpaired) electrons. The number of hydrogen-bond donors (Lipinski definition) is 0. The van der Waals surface area contributed by atoms with E-state index in [0.29, 0.717) is 0 Å². The second-order valence-corrected chi connectivity index (χ2v) is 8.17. The highest BCUT2D eigenvalue weighted by atomic mass is 16.6. The smallest absolute Gasteiger partial charge is 0.158 e. The summed E-state index contributed by atoms with van der Waals surface area (Å²) in [5.41, 5.74) is 6.64. The van der Waals surface area contributed by atoms with Gasteiger partial charge in [-0.3, -0.25) is 0 Å². The molecule has 0 fully saturated rings. The molecule has 0 N–H and O–H groups in total. The van der Waals surface area contributed by atoms with Gasteiger partial charge in [0.05, 0.1) is 19.9 Å². The Labute approximate surface area is 162 Å². The van der Waals surface area contributed by atoms with E-state index in [1.807, 2.05) is 12.1 Å². The lowest BCUT2D eigenvalue weighted by Crippen LogP contribution is -2.14. The number of nitrogens with zero attached hydrogens (tertiary/aromatic N) is 1. The summed E-state index contributed by atoms with van der Waals surface area (Å²) in [7, 11) is 3.41. The van der Waals surface area contributed by atoms with Gasteiger partial charge in [-0.15, -0.1) is 0 Å². The average Bonchev–Trinajstić information content (AvgIpc) is 3.12. The van der Waals surface area contributed by atoms with Gasteiger partial charge in [0.2, 0.25) is 0 Å². The molecule has 0 bridgehead atoms. The topological polar surface area (TPSA) is 40.0 Å². The van der Waals surface area contributed by atoms with Crippen LogP contribution in [-0.2, 0) is 10.3 Å². The molecule has 0 spiro atoms. The Kier molecular flexibility index (Phi) is 5.18. The van der Waals surface area contributed by atoms with Gasteiger partial charge in [0.1, 0.15) is 11.5 Å². The molecular weight excluding hydrogens is 338 g/mol. The molecule has 0 amide bonds. The number of benzene rings is 2. The monoisotopic (exact) mass is 367 g/mol. The highest BCUT2D eigenvalue weighted by molar-refractivity contribution is 6.02. The minimum Gasteiger partial charge on any atom is -0.496 e. The molecule has 1 aliphatic rings. The normalized spacial score (nSPS) is 16.7. The van der Waals surface area contributed by atoms with Gasteiger partial charge in [-0.05, 0) is 65.8 Å². The number of oxime groups is 1. The predicted molar refractivity (Wildman–Crippen MR) is 109 cm³/mol. The van der Waals surface area contributed by atoms with Crippen LogP contribution in [0.1, 0.15) is 61.1 Å². The van der Waals surface area contributed by atoms with E-state index in [-0.39, 0.29) is 11.5 Å². The summed E-state index contributed by atoms with van der Waals surface area (Å²) in [5, 5.41) is 4.37. The van der Waals surface area contributed by atoms with E-state index in [4.69, 9.17) is 14.3 Å². The van der Waals surface area contributed by atoms with E-state index < -0.39 is 0 Å². The number of hydrogen-bond acceptors (Lipinski definition) is 4. The Morgan fingerprint density at radius 2 is 1.70 bits per heavy atom. The quantitative estimate of drug-likeness (QED) is 0.718. The van der Waals surface area contributed by atoms with E-state index in [1.54, 1.807) is 14.2 Å². The molecule has 0 saturated heterocycles. The van der Waals surface area contributed by atoms with E-state index >= 15 is 0 Å². The van der Waals surface area contributed by atoms with Gasteiger partial charge in [-0.2, -0.15) is 0 Å². The maximum atomic E-state index is 5.80. The largest absolute Gasteiger partial charge is 0.496 e. The molecule has 27 heavy (non-hydrogen) atoms. The average molecular weight is 367 g/mol. The van der Waals surface area contributed by atoms with Crippen LogP contribution in [-0.4, -0.2) is 19.9 Å². The lowest BCUT2D eigenvalue weighted by Gasteiger charge is -2.23. The molecule has 4 nitrogen and oxygen atoms in total. The van der Waals surface area contributed by atoms with Crippen molar-refractivity contribution in [2.24, 2.45) is 5.16 Å². The van der Waals surface area contributed by atoms with Crippen LogP contribution in [0.5, 0.6) is 11.5 Å². The summed E-state index contributed by atoms with van der Waals surface area (Å²) in [4.78, 5) is 5.80. The van der Waals surface area contributed by atoms with Gasteiger partial charge in [-0.25, -0.2) is 0 Å². The maximum absolute atomic E-state index is 5.80. The Morgan fingerprint density at radius 3 is 2.33 bits per heavy atom. The molecule has 1 heterocycles. The fourth-order valence-electron chi connectivity index (χ4n) is 3.44. The van der Waals surface area contributed by atoms with E-state index in [2.05, 4.69) is 58.0 Å². The lowest BCUT2D eigenvalue weighted by molar-refractivity contribution is 0.0856. The minimum atomic E-state index is -0.0837. The zero-order chi connectivity index (χ0) is 19.8. The van der Waals surface area contributed by atoms with Crippen LogP contribution in [0.2, 0.25) is 0 Å². The highest BCUT2D eigenvalue weighted by Gasteiger charge is 2.27. The molecule has 1 unspecified atom stereocenters.